The van der Waals surface area contributed by atoms with Crippen molar-refractivity contribution < 1.29 is 13.2 Å². The Morgan fingerprint density at radius 2 is 1.58 bits per heavy atom. The SMILES string of the molecule is NCc1ccc(F)cc1CSc1ccc(F)cc1F. The van der Waals surface area contributed by atoms with E-state index >= 15 is 0 Å². The Morgan fingerprint density at radius 1 is 0.895 bits per heavy atom. The predicted octanol–water partition coefficient (Wildman–Crippen LogP) is 3.85. The molecule has 5 heteroatoms. The molecule has 2 aromatic rings. The minimum Gasteiger partial charge on any atom is -0.326 e. The molecular formula is C14H12F3NS. The number of nitrogens with two attached hydrogens (primary N) is 1. The van der Waals surface area contributed by atoms with Gasteiger partial charge in [0.05, 0.1) is 0 Å². The first-order chi connectivity index (χ1) is 9.10. The summed E-state index contributed by atoms with van der Waals surface area (Å²) in [5.74, 6) is -1.20. The molecule has 0 spiro atoms. The zero-order valence-electron chi connectivity index (χ0n) is 10.00. The molecular weight excluding hydrogens is 271 g/mol. The van der Waals surface area contributed by atoms with Gasteiger partial charge in [-0.2, -0.15) is 0 Å². The molecule has 0 unspecified atom stereocenters. The van der Waals surface area contributed by atoms with Crippen molar-refractivity contribution in [2.24, 2.45) is 5.73 Å². The van der Waals surface area contributed by atoms with E-state index in [0.29, 0.717) is 17.2 Å². The second-order valence-electron chi connectivity index (χ2n) is 3.98. The van der Waals surface area contributed by atoms with E-state index in [1.54, 1.807) is 6.07 Å². The number of halogens is 3. The van der Waals surface area contributed by atoms with Crippen LogP contribution in [0.5, 0.6) is 0 Å². The lowest BCUT2D eigenvalue weighted by Gasteiger charge is -2.08. The third-order valence-corrected chi connectivity index (χ3v) is 3.76. The van der Waals surface area contributed by atoms with Gasteiger partial charge in [-0.25, -0.2) is 13.2 Å². The van der Waals surface area contributed by atoms with E-state index in [2.05, 4.69) is 0 Å². The molecule has 0 amide bonds. The third kappa shape index (κ3) is 3.52. The summed E-state index contributed by atoms with van der Waals surface area (Å²) in [6.45, 7) is 0.294. The Kier molecular flexibility index (Phi) is 4.50. The zero-order chi connectivity index (χ0) is 13.8. The van der Waals surface area contributed by atoms with Crippen LogP contribution in [-0.2, 0) is 12.3 Å². The second-order valence-corrected chi connectivity index (χ2v) is 5.00. The van der Waals surface area contributed by atoms with Crippen LogP contribution >= 0.6 is 11.8 Å². The van der Waals surface area contributed by atoms with Crippen LogP contribution in [0.4, 0.5) is 13.2 Å². The topological polar surface area (TPSA) is 26.0 Å². The normalized spacial score (nSPS) is 10.7. The van der Waals surface area contributed by atoms with E-state index in [0.717, 1.165) is 17.2 Å². The number of thioether (sulfide) groups is 1. The van der Waals surface area contributed by atoms with E-state index in [1.807, 2.05) is 0 Å². The standard InChI is InChI=1S/C14H12F3NS/c15-11-2-1-9(7-18)10(5-11)8-19-14-4-3-12(16)6-13(14)17/h1-6H,7-8,18H2. The number of benzene rings is 2. The lowest BCUT2D eigenvalue weighted by Crippen LogP contribution is -2.01. The quantitative estimate of drug-likeness (QED) is 0.862. The summed E-state index contributed by atoms with van der Waals surface area (Å²) in [4.78, 5) is 0.327. The molecule has 0 aromatic heterocycles. The maximum atomic E-state index is 13.5. The van der Waals surface area contributed by atoms with Gasteiger partial charge in [-0.15, -0.1) is 11.8 Å². The Labute approximate surface area is 113 Å². The van der Waals surface area contributed by atoms with Gasteiger partial charge < -0.3 is 5.73 Å². The largest absolute Gasteiger partial charge is 0.326 e. The Bertz CT molecular complexity index is 587. The van der Waals surface area contributed by atoms with Crippen LogP contribution in [0.2, 0.25) is 0 Å². The van der Waals surface area contributed by atoms with Crippen molar-refractivity contribution in [3.63, 3.8) is 0 Å². The van der Waals surface area contributed by atoms with Gasteiger partial charge in [-0.05, 0) is 35.4 Å². The maximum absolute atomic E-state index is 13.5. The van der Waals surface area contributed by atoms with Crippen molar-refractivity contribution in [2.45, 2.75) is 17.2 Å². The van der Waals surface area contributed by atoms with Crippen molar-refractivity contribution in [3.8, 4) is 0 Å². The van der Waals surface area contributed by atoms with Crippen molar-refractivity contribution in [3.05, 3.63) is 65.0 Å². The second kappa shape index (κ2) is 6.12. The Morgan fingerprint density at radius 3 is 2.26 bits per heavy atom. The molecule has 2 aromatic carbocycles. The van der Waals surface area contributed by atoms with Crippen molar-refractivity contribution in [2.75, 3.05) is 0 Å². The zero-order valence-corrected chi connectivity index (χ0v) is 10.8. The highest BCUT2D eigenvalue weighted by molar-refractivity contribution is 7.98. The highest BCUT2D eigenvalue weighted by Crippen LogP contribution is 2.27. The van der Waals surface area contributed by atoms with Crippen molar-refractivity contribution in [1.82, 2.24) is 0 Å². The van der Waals surface area contributed by atoms with Gasteiger partial charge in [0, 0.05) is 23.3 Å². The third-order valence-electron chi connectivity index (χ3n) is 2.67. The summed E-state index contributed by atoms with van der Waals surface area (Å²) in [6.07, 6.45) is 0. The molecule has 0 aliphatic carbocycles. The number of rotatable bonds is 4. The molecule has 100 valence electrons. The molecule has 2 rings (SSSR count). The fraction of sp³-hybridized carbons (Fsp3) is 0.143. The highest BCUT2D eigenvalue weighted by Gasteiger charge is 2.07. The summed E-state index contributed by atoms with van der Waals surface area (Å²) in [5.41, 5.74) is 7.10. The van der Waals surface area contributed by atoms with Gasteiger partial charge in [0.2, 0.25) is 0 Å². The van der Waals surface area contributed by atoms with E-state index < -0.39 is 11.6 Å². The minimum absolute atomic E-state index is 0.294. The first-order valence-corrected chi connectivity index (χ1v) is 6.64. The van der Waals surface area contributed by atoms with Gasteiger partial charge in [0.25, 0.3) is 0 Å². The summed E-state index contributed by atoms with van der Waals surface area (Å²) in [5, 5.41) is 0. The van der Waals surface area contributed by atoms with Crippen LogP contribution in [0, 0.1) is 17.5 Å². The fourth-order valence-corrected chi connectivity index (χ4v) is 2.62. The smallest absolute Gasteiger partial charge is 0.139 e. The molecule has 0 atom stereocenters. The van der Waals surface area contributed by atoms with E-state index in [9.17, 15) is 13.2 Å². The van der Waals surface area contributed by atoms with Gasteiger partial charge >= 0.3 is 0 Å². The molecule has 1 nitrogen and oxygen atoms in total. The molecule has 0 bridgehead atoms. The predicted molar refractivity (Wildman–Crippen MR) is 70.2 cm³/mol. The molecule has 0 radical (unpaired) electrons. The number of hydrogen-bond acceptors (Lipinski definition) is 2. The first kappa shape index (κ1) is 14.0. The fourth-order valence-electron chi connectivity index (χ4n) is 1.68. The summed E-state index contributed by atoms with van der Waals surface area (Å²) >= 11 is 1.18. The lowest BCUT2D eigenvalue weighted by atomic mass is 10.1. The molecule has 19 heavy (non-hydrogen) atoms. The van der Waals surface area contributed by atoms with Crippen LogP contribution < -0.4 is 5.73 Å². The van der Waals surface area contributed by atoms with Crippen molar-refractivity contribution in [1.29, 1.82) is 0 Å². The van der Waals surface area contributed by atoms with Crippen LogP contribution in [0.15, 0.2) is 41.3 Å². The highest BCUT2D eigenvalue weighted by atomic mass is 32.2. The minimum atomic E-state index is -0.616. The monoisotopic (exact) mass is 283 g/mol. The lowest BCUT2D eigenvalue weighted by molar-refractivity contribution is 0.565. The van der Waals surface area contributed by atoms with Crippen LogP contribution in [0.1, 0.15) is 11.1 Å². The molecule has 0 heterocycles. The van der Waals surface area contributed by atoms with Gasteiger partial charge in [-0.3, -0.25) is 0 Å². The molecule has 2 N–H and O–H groups in total. The molecule has 0 saturated heterocycles. The van der Waals surface area contributed by atoms with E-state index in [-0.39, 0.29) is 5.82 Å². The molecule has 0 fully saturated rings. The first-order valence-electron chi connectivity index (χ1n) is 5.65. The Balaban J connectivity index is 2.16. The van der Waals surface area contributed by atoms with Gasteiger partial charge in [0.15, 0.2) is 0 Å². The maximum Gasteiger partial charge on any atom is 0.139 e. The Hall–Kier alpha value is -1.46. The van der Waals surface area contributed by atoms with Crippen LogP contribution in [-0.4, -0.2) is 0 Å². The van der Waals surface area contributed by atoms with Gasteiger partial charge in [-0.1, -0.05) is 6.07 Å². The molecule has 0 aliphatic rings. The summed E-state index contributed by atoms with van der Waals surface area (Å²) in [6, 6.07) is 7.74. The summed E-state index contributed by atoms with van der Waals surface area (Å²) < 4.78 is 39.4. The average Bonchev–Trinajstić information content (AvgIpc) is 2.38. The van der Waals surface area contributed by atoms with Gasteiger partial charge in [0.1, 0.15) is 17.5 Å². The van der Waals surface area contributed by atoms with E-state index in [1.165, 1.54) is 36.0 Å². The summed E-state index contributed by atoms with van der Waals surface area (Å²) in [7, 11) is 0. The average molecular weight is 283 g/mol. The number of hydrogen-bond donors (Lipinski definition) is 1. The van der Waals surface area contributed by atoms with Crippen LogP contribution in [0.25, 0.3) is 0 Å². The molecule has 0 saturated carbocycles. The van der Waals surface area contributed by atoms with Crippen molar-refractivity contribution >= 4 is 11.8 Å². The van der Waals surface area contributed by atoms with E-state index in [4.69, 9.17) is 5.73 Å². The molecule has 0 aliphatic heterocycles. The van der Waals surface area contributed by atoms with Crippen LogP contribution in [0.3, 0.4) is 0 Å².